The molecule has 106 valence electrons. The molecule has 1 N–H and O–H groups in total. The van der Waals surface area contributed by atoms with Crippen molar-refractivity contribution < 1.29 is 4.79 Å². The number of anilines is 2. The van der Waals surface area contributed by atoms with E-state index < -0.39 is 0 Å². The number of hydrogen-bond donors (Lipinski definition) is 1. The molecule has 0 atom stereocenters. The lowest BCUT2D eigenvalue weighted by Crippen LogP contribution is -2.37. The summed E-state index contributed by atoms with van der Waals surface area (Å²) in [5.74, 6) is 2.33. The van der Waals surface area contributed by atoms with Gasteiger partial charge in [0, 0.05) is 33.3 Å². The van der Waals surface area contributed by atoms with E-state index in [0.717, 1.165) is 24.7 Å². The number of likely N-dealkylation sites (N-methyl/N-ethyl adjacent to an activating group) is 2. The highest BCUT2D eigenvalue weighted by Gasteiger charge is 2.14. The molecule has 0 aliphatic rings. The first-order valence-electron chi connectivity index (χ1n) is 6.52. The van der Waals surface area contributed by atoms with E-state index in [4.69, 9.17) is 0 Å². The van der Waals surface area contributed by atoms with Gasteiger partial charge in [-0.3, -0.25) is 4.79 Å². The molecule has 0 aliphatic heterocycles. The first kappa shape index (κ1) is 15.2. The molecule has 1 rings (SSSR count). The minimum Gasteiger partial charge on any atom is -0.370 e. The molecule has 0 bridgehead atoms. The predicted molar refractivity (Wildman–Crippen MR) is 77.5 cm³/mol. The lowest BCUT2D eigenvalue weighted by atomic mass is 10.4. The van der Waals surface area contributed by atoms with Crippen LogP contribution in [0.1, 0.15) is 19.7 Å². The van der Waals surface area contributed by atoms with Crippen molar-refractivity contribution in [2.45, 2.75) is 20.8 Å². The molecule has 0 saturated carbocycles. The van der Waals surface area contributed by atoms with E-state index in [0.29, 0.717) is 12.4 Å². The van der Waals surface area contributed by atoms with Gasteiger partial charge in [0.2, 0.25) is 5.91 Å². The van der Waals surface area contributed by atoms with Gasteiger partial charge in [-0.25, -0.2) is 9.97 Å². The topological polar surface area (TPSA) is 61.4 Å². The number of carbonyl (C=O) groups excluding carboxylic acids is 1. The fourth-order valence-electron chi connectivity index (χ4n) is 1.65. The number of aryl methyl sites for hydroxylation is 1. The molecule has 0 radical (unpaired) electrons. The van der Waals surface area contributed by atoms with Gasteiger partial charge in [-0.15, -0.1) is 0 Å². The number of amides is 1. The zero-order valence-electron chi connectivity index (χ0n) is 12.4. The molecule has 1 aromatic rings. The zero-order valence-corrected chi connectivity index (χ0v) is 12.4. The Balaban J connectivity index is 2.94. The highest BCUT2D eigenvalue weighted by Crippen LogP contribution is 2.15. The summed E-state index contributed by atoms with van der Waals surface area (Å²) in [4.78, 5) is 24.0. The van der Waals surface area contributed by atoms with E-state index in [2.05, 4.69) is 15.3 Å². The Labute approximate surface area is 114 Å². The number of hydrogen-bond acceptors (Lipinski definition) is 5. The van der Waals surface area contributed by atoms with Crippen LogP contribution in [0.3, 0.4) is 0 Å². The molecule has 0 spiro atoms. The number of rotatable bonds is 6. The maximum Gasteiger partial charge on any atom is 0.241 e. The van der Waals surface area contributed by atoms with Crippen molar-refractivity contribution in [1.29, 1.82) is 0 Å². The minimum atomic E-state index is 0.0584. The van der Waals surface area contributed by atoms with E-state index in [1.54, 1.807) is 19.0 Å². The smallest absolute Gasteiger partial charge is 0.241 e. The molecule has 0 fully saturated rings. The first-order valence-corrected chi connectivity index (χ1v) is 6.52. The van der Waals surface area contributed by atoms with Gasteiger partial charge in [-0.05, 0) is 20.8 Å². The molecule has 0 aromatic carbocycles. The normalized spacial score (nSPS) is 10.2. The lowest BCUT2D eigenvalue weighted by molar-refractivity contribution is -0.127. The highest BCUT2D eigenvalue weighted by molar-refractivity contribution is 5.80. The van der Waals surface area contributed by atoms with Gasteiger partial charge in [0.1, 0.15) is 17.5 Å². The van der Waals surface area contributed by atoms with Gasteiger partial charge in [0.15, 0.2) is 0 Å². The summed E-state index contributed by atoms with van der Waals surface area (Å²) in [6.07, 6.45) is 0. The zero-order chi connectivity index (χ0) is 14.4. The van der Waals surface area contributed by atoms with Gasteiger partial charge < -0.3 is 15.1 Å². The van der Waals surface area contributed by atoms with Crippen LogP contribution in [-0.4, -0.2) is 54.5 Å². The fraction of sp³-hybridized carbons (Fsp3) is 0.615. The van der Waals surface area contributed by atoms with E-state index >= 15 is 0 Å². The Hall–Kier alpha value is -1.85. The summed E-state index contributed by atoms with van der Waals surface area (Å²) in [5, 5.41) is 3.17. The van der Waals surface area contributed by atoms with Crippen molar-refractivity contribution in [3.8, 4) is 0 Å². The highest BCUT2D eigenvalue weighted by atomic mass is 16.2. The van der Waals surface area contributed by atoms with Gasteiger partial charge in [-0.1, -0.05) is 0 Å². The molecule has 1 amide bonds. The van der Waals surface area contributed by atoms with Gasteiger partial charge in [0.05, 0.1) is 6.54 Å². The van der Waals surface area contributed by atoms with Crippen LogP contribution in [0.25, 0.3) is 0 Å². The third kappa shape index (κ3) is 4.39. The van der Waals surface area contributed by atoms with Crippen LogP contribution in [-0.2, 0) is 4.79 Å². The third-order valence-corrected chi connectivity index (χ3v) is 2.71. The van der Waals surface area contributed by atoms with Crippen molar-refractivity contribution in [3.63, 3.8) is 0 Å². The molecule has 6 heteroatoms. The summed E-state index contributed by atoms with van der Waals surface area (Å²) < 4.78 is 0. The first-order chi connectivity index (χ1) is 8.97. The second-order valence-corrected chi connectivity index (χ2v) is 4.49. The summed E-state index contributed by atoms with van der Waals surface area (Å²) in [7, 11) is 3.51. The monoisotopic (exact) mass is 265 g/mol. The summed E-state index contributed by atoms with van der Waals surface area (Å²) in [5.41, 5.74) is 0. The maximum absolute atomic E-state index is 11.8. The minimum absolute atomic E-state index is 0.0584. The SMILES string of the molecule is CCNc1cc(N(CC)CC(=O)N(C)C)nc(C)n1. The van der Waals surface area contributed by atoms with E-state index in [1.807, 2.05) is 31.7 Å². The summed E-state index contributed by atoms with van der Waals surface area (Å²) in [6, 6.07) is 1.88. The molecule has 6 nitrogen and oxygen atoms in total. The molecular formula is C13H23N5O. The van der Waals surface area contributed by atoms with Crippen molar-refractivity contribution >= 4 is 17.5 Å². The molecule has 1 heterocycles. The van der Waals surface area contributed by atoms with Crippen molar-refractivity contribution in [1.82, 2.24) is 14.9 Å². The van der Waals surface area contributed by atoms with E-state index in [1.165, 1.54) is 0 Å². The maximum atomic E-state index is 11.8. The van der Waals surface area contributed by atoms with Gasteiger partial charge in [0.25, 0.3) is 0 Å². The van der Waals surface area contributed by atoms with Crippen LogP contribution in [0.5, 0.6) is 0 Å². The van der Waals surface area contributed by atoms with Crippen LogP contribution in [0.2, 0.25) is 0 Å². The second-order valence-electron chi connectivity index (χ2n) is 4.49. The van der Waals surface area contributed by atoms with Crippen molar-refractivity contribution in [2.24, 2.45) is 0 Å². The quantitative estimate of drug-likeness (QED) is 0.835. The molecule has 0 unspecified atom stereocenters. The van der Waals surface area contributed by atoms with Crippen LogP contribution in [0, 0.1) is 6.92 Å². The number of nitrogens with zero attached hydrogens (tertiary/aromatic N) is 4. The Morgan fingerprint density at radius 3 is 2.53 bits per heavy atom. The van der Waals surface area contributed by atoms with Crippen LogP contribution < -0.4 is 10.2 Å². The van der Waals surface area contributed by atoms with E-state index in [-0.39, 0.29) is 5.91 Å². The summed E-state index contributed by atoms with van der Waals surface area (Å²) in [6.45, 7) is 7.73. The average molecular weight is 265 g/mol. The van der Waals surface area contributed by atoms with Crippen LogP contribution >= 0.6 is 0 Å². The van der Waals surface area contributed by atoms with Gasteiger partial charge >= 0.3 is 0 Å². The average Bonchev–Trinajstić information content (AvgIpc) is 2.35. The van der Waals surface area contributed by atoms with Crippen LogP contribution in [0.4, 0.5) is 11.6 Å². The number of aromatic nitrogens is 2. The van der Waals surface area contributed by atoms with Gasteiger partial charge in [-0.2, -0.15) is 0 Å². The molecule has 19 heavy (non-hydrogen) atoms. The number of carbonyl (C=O) groups is 1. The Kier molecular flexibility index (Phi) is 5.54. The van der Waals surface area contributed by atoms with E-state index in [9.17, 15) is 4.79 Å². The predicted octanol–water partition coefficient (Wildman–Crippen LogP) is 1.13. The molecule has 0 saturated heterocycles. The largest absolute Gasteiger partial charge is 0.370 e. The Bertz CT molecular complexity index is 433. The number of nitrogens with one attached hydrogen (secondary N) is 1. The van der Waals surface area contributed by atoms with Crippen molar-refractivity contribution in [3.05, 3.63) is 11.9 Å². The second kappa shape index (κ2) is 6.92. The van der Waals surface area contributed by atoms with Crippen molar-refractivity contribution in [2.75, 3.05) is 43.9 Å². The lowest BCUT2D eigenvalue weighted by Gasteiger charge is -2.23. The molecule has 0 aliphatic carbocycles. The Morgan fingerprint density at radius 1 is 1.32 bits per heavy atom. The summed E-state index contributed by atoms with van der Waals surface area (Å²) >= 11 is 0. The fourth-order valence-corrected chi connectivity index (χ4v) is 1.65. The Morgan fingerprint density at radius 2 is 2.00 bits per heavy atom. The third-order valence-electron chi connectivity index (χ3n) is 2.71. The van der Waals surface area contributed by atoms with Crippen LogP contribution in [0.15, 0.2) is 6.07 Å². The standard InChI is InChI=1S/C13H23N5O/c1-6-14-11-8-12(16-10(3)15-11)18(7-2)9-13(19)17(4)5/h8H,6-7,9H2,1-5H3,(H,14,15,16). The molecular weight excluding hydrogens is 242 g/mol. The molecule has 1 aromatic heterocycles.